The van der Waals surface area contributed by atoms with E-state index in [9.17, 15) is 45.6 Å². The molecule has 0 radical (unpaired) electrons. The SMILES string of the molecule is CCCCCCCCCCCCCCC/C=C/CC/C=C/C(O)C(COC1OC(CO)C(OC2OC(CO)C(O)C(O)C2O)C(O)C1O)NC(=O)CCCCC. The van der Waals surface area contributed by atoms with Crippen LogP contribution >= 0.6 is 0 Å². The number of nitrogens with one attached hydrogen (secondary N) is 1. The van der Waals surface area contributed by atoms with Crippen LogP contribution < -0.4 is 5.32 Å². The second kappa shape index (κ2) is 30.5. The Morgan fingerprint density at radius 3 is 1.75 bits per heavy atom. The second-order valence-electron chi connectivity index (χ2n) is 15.5. The standard InChI is InChI=1S/C42H77NO13/c1-3-5-7-8-9-10-11-12-13-14-15-16-17-18-19-20-21-22-24-25-31(46)30(43-34(47)26-23-6-4-2)29-53-41-39(52)37(50)40(33(28-45)55-41)56-42-38(51)36(49)35(48)32(27-44)54-42/h19-20,24-25,30-33,35-42,44-46,48-52H,3-18,21-23,26-29H2,1-2H3,(H,43,47)/b20-19+,25-24+. The number of amides is 1. The fraction of sp³-hybridized carbons (Fsp3) is 0.881. The first-order valence-electron chi connectivity index (χ1n) is 21.6. The molecular formula is C42H77NO13. The minimum absolute atomic E-state index is 0.260. The molecule has 0 saturated carbocycles. The number of unbranched alkanes of at least 4 members (excludes halogenated alkanes) is 16. The van der Waals surface area contributed by atoms with Gasteiger partial charge in [0.2, 0.25) is 5.91 Å². The number of hydrogen-bond donors (Lipinski definition) is 9. The van der Waals surface area contributed by atoms with Crippen molar-refractivity contribution in [3.63, 3.8) is 0 Å². The average molecular weight is 804 g/mol. The summed E-state index contributed by atoms with van der Waals surface area (Å²) in [5.41, 5.74) is 0. The van der Waals surface area contributed by atoms with Crippen LogP contribution in [0.15, 0.2) is 24.3 Å². The van der Waals surface area contributed by atoms with Gasteiger partial charge in [0.1, 0.15) is 48.8 Å². The number of carbonyl (C=O) groups is 1. The number of allylic oxidation sites excluding steroid dienone is 3. The molecular weight excluding hydrogens is 726 g/mol. The molecule has 2 aliphatic rings. The quantitative estimate of drug-likeness (QED) is 0.0362. The lowest BCUT2D eigenvalue weighted by molar-refractivity contribution is -0.359. The molecule has 328 valence electrons. The molecule has 2 rings (SSSR count). The van der Waals surface area contributed by atoms with Crippen molar-refractivity contribution >= 4 is 5.91 Å². The maximum Gasteiger partial charge on any atom is 0.220 e. The third kappa shape index (κ3) is 19.0. The van der Waals surface area contributed by atoms with Crippen molar-refractivity contribution in [2.24, 2.45) is 0 Å². The van der Waals surface area contributed by atoms with Crippen molar-refractivity contribution in [3.8, 4) is 0 Å². The Labute approximate surface area is 335 Å². The van der Waals surface area contributed by atoms with Crippen molar-refractivity contribution in [2.75, 3.05) is 19.8 Å². The van der Waals surface area contributed by atoms with Crippen molar-refractivity contribution < 1.29 is 64.6 Å². The molecule has 2 saturated heterocycles. The lowest BCUT2D eigenvalue weighted by atomic mass is 9.97. The molecule has 14 heteroatoms. The zero-order valence-electron chi connectivity index (χ0n) is 34.1. The Morgan fingerprint density at radius 2 is 1.14 bits per heavy atom. The summed E-state index contributed by atoms with van der Waals surface area (Å²) in [7, 11) is 0. The van der Waals surface area contributed by atoms with Crippen LogP contribution in [0, 0.1) is 0 Å². The highest BCUT2D eigenvalue weighted by atomic mass is 16.7. The summed E-state index contributed by atoms with van der Waals surface area (Å²) in [6.45, 7) is 2.55. The van der Waals surface area contributed by atoms with Gasteiger partial charge >= 0.3 is 0 Å². The Balaban J connectivity index is 1.81. The van der Waals surface area contributed by atoms with Gasteiger partial charge < -0.3 is 65.1 Å². The van der Waals surface area contributed by atoms with Crippen LogP contribution in [0.3, 0.4) is 0 Å². The fourth-order valence-electron chi connectivity index (χ4n) is 7.01. The number of carbonyl (C=O) groups excluding carboxylic acids is 1. The molecule has 1 amide bonds. The first kappa shape index (κ1) is 50.6. The average Bonchev–Trinajstić information content (AvgIpc) is 3.19. The number of ether oxygens (including phenoxy) is 4. The third-order valence-corrected chi connectivity index (χ3v) is 10.6. The predicted octanol–water partition coefficient (Wildman–Crippen LogP) is 3.43. The first-order valence-corrected chi connectivity index (χ1v) is 21.6. The van der Waals surface area contributed by atoms with E-state index in [-0.39, 0.29) is 18.9 Å². The van der Waals surface area contributed by atoms with Crippen molar-refractivity contribution in [1.82, 2.24) is 5.32 Å². The van der Waals surface area contributed by atoms with E-state index in [0.717, 1.165) is 25.7 Å². The van der Waals surface area contributed by atoms with Crippen molar-refractivity contribution in [3.05, 3.63) is 24.3 Å². The summed E-state index contributed by atoms with van der Waals surface area (Å²) in [6, 6.07) is -0.921. The maximum absolute atomic E-state index is 12.7. The molecule has 0 aliphatic carbocycles. The van der Waals surface area contributed by atoms with Gasteiger partial charge in [-0.25, -0.2) is 0 Å². The lowest BCUT2D eigenvalue weighted by Gasteiger charge is -2.46. The minimum atomic E-state index is -1.79. The van der Waals surface area contributed by atoms with Crippen LogP contribution in [-0.4, -0.2) is 140 Å². The topological polar surface area (TPSA) is 228 Å². The Bertz CT molecular complexity index is 1050. The molecule has 0 bridgehead atoms. The van der Waals surface area contributed by atoms with Gasteiger partial charge in [-0.3, -0.25) is 4.79 Å². The molecule has 12 unspecified atom stereocenters. The fourth-order valence-corrected chi connectivity index (χ4v) is 7.01. The molecule has 2 aliphatic heterocycles. The summed E-state index contributed by atoms with van der Waals surface area (Å²) < 4.78 is 22.4. The summed E-state index contributed by atoms with van der Waals surface area (Å²) in [5.74, 6) is -0.276. The van der Waals surface area contributed by atoms with Crippen LogP contribution in [0.1, 0.15) is 142 Å². The summed E-state index contributed by atoms with van der Waals surface area (Å²) in [5, 5.41) is 85.8. The van der Waals surface area contributed by atoms with Crippen molar-refractivity contribution in [1.29, 1.82) is 0 Å². The maximum atomic E-state index is 12.7. The van der Waals surface area contributed by atoms with Crippen molar-refractivity contribution in [2.45, 2.75) is 216 Å². The van der Waals surface area contributed by atoms with Gasteiger partial charge in [-0.15, -0.1) is 0 Å². The Kier molecular flexibility index (Phi) is 27.6. The lowest BCUT2D eigenvalue weighted by Crippen LogP contribution is -2.65. The molecule has 56 heavy (non-hydrogen) atoms. The predicted molar refractivity (Wildman–Crippen MR) is 212 cm³/mol. The van der Waals surface area contributed by atoms with Gasteiger partial charge in [-0.2, -0.15) is 0 Å². The van der Waals surface area contributed by atoms with Crippen LogP contribution in [-0.2, 0) is 23.7 Å². The van der Waals surface area contributed by atoms with Gasteiger partial charge in [-0.05, 0) is 32.1 Å². The van der Waals surface area contributed by atoms with Gasteiger partial charge in [0, 0.05) is 6.42 Å². The van der Waals surface area contributed by atoms with Gasteiger partial charge in [0.25, 0.3) is 0 Å². The molecule has 0 aromatic rings. The van der Waals surface area contributed by atoms with E-state index in [2.05, 4.69) is 24.4 Å². The van der Waals surface area contributed by atoms with Gasteiger partial charge in [0.15, 0.2) is 12.6 Å². The molecule has 0 aromatic heterocycles. The molecule has 9 N–H and O–H groups in total. The first-order chi connectivity index (χ1) is 27.1. The summed E-state index contributed by atoms with van der Waals surface area (Å²) in [6.07, 6.45) is 13.4. The van der Waals surface area contributed by atoms with E-state index in [1.165, 1.54) is 83.5 Å². The van der Waals surface area contributed by atoms with Crippen LogP contribution in [0.25, 0.3) is 0 Å². The highest BCUT2D eigenvalue weighted by Gasteiger charge is 2.50. The summed E-state index contributed by atoms with van der Waals surface area (Å²) in [4.78, 5) is 12.7. The van der Waals surface area contributed by atoms with E-state index >= 15 is 0 Å². The third-order valence-electron chi connectivity index (χ3n) is 10.6. The van der Waals surface area contributed by atoms with E-state index in [0.29, 0.717) is 12.8 Å². The highest BCUT2D eigenvalue weighted by molar-refractivity contribution is 5.76. The monoisotopic (exact) mass is 804 g/mol. The Hall–Kier alpha value is -1.53. The van der Waals surface area contributed by atoms with Gasteiger partial charge in [0.05, 0.1) is 32.0 Å². The second-order valence-corrected chi connectivity index (χ2v) is 15.5. The van der Waals surface area contributed by atoms with Gasteiger partial charge in [-0.1, -0.05) is 128 Å². The molecule has 0 aromatic carbocycles. The number of hydrogen-bond acceptors (Lipinski definition) is 13. The smallest absolute Gasteiger partial charge is 0.220 e. The normalized spacial score (nSPS) is 29.6. The Morgan fingerprint density at radius 1 is 0.625 bits per heavy atom. The molecule has 14 nitrogen and oxygen atoms in total. The largest absolute Gasteiger partial charge is 0.394 e. The molecule has 0 spiro atoms. The summed E-state index contributed by atoms with van der Waals surface area (Å²) >= 11 is 0. The van der Waals surface area contributed by atoms with Crippen LogP contribution in [0.2, 0.25) is 0 Å². The van der Waals surface area contributed by atoms with E-state index in [1.54, 1.807) is 6.08 Å². The molecule has 2 heterocycles. The van der Waals surface area contributed by atoms with Crippen LogP contribution in [0.4, 0.5) is 0 Å². The number of aliphatic hydroxyl groups excluding tert-OH is 8. The molecule has 2 fully saturated rings. The van der Waals surface area contributed by atoms with E-state index < -0.39 is 86.8 Å². The molecule has 12 atom stereocenters. The van der Waals surface area contributed by atoms with E-state index in [4.69, 9.17) is 18.9 Å². The minimum Gasteiger partial charge on any atom is -0.394 e. The number of rotatable bonds is 31. The zero-order chi connectivity index (χ0) is 41.1. The highest BCUT2D eigenvalue weighted by Crippen LogP contribution is 2.30. The van der Waals surface area contributed by atoms with Crippen LogP contribution in [0.5, 0.6) is 0 Å². The number of aliphatic hydroxyl groups is 8. The zero-order valence-corrected chi connectivity index (χ0v) is 34.1. The van der Waals surface area contributed by atoms with E-state index in [1.807, 2.05) is 13.0 Å².